The van der Waals surface area contributed by atoms with E-state index in [4.69, 9.17) is 30.9 Å². The summed E-state index contributed by atoms with van der Waals surface area (Å²) in [6, 6.07) is 23.3. The average molecular weight is 875 g/mol. The van der Waals surface area contributed by atoms with Crippen molar-refractivity contribution in [2.45, 2.75) is 13.1 Å². The van der Waals surface area contributed by atoms with E-state index in [1.165, 1.54) is 22.7 Å². The van der Waals surface area contributed by atoms with Crippen LogP contribution in [0.3, 0.4) is 0 Å². The molecule has 0 spiro atoms. The number of amides is 2. The standard InChI is InChI=1S/C24H29N7O2S.C20H21N5O2S/c25-23(32)19-15-20(17-4-5-27-22(14-17)31-8-6-26-7-9-31)34-24(19)29-21-3-1-2-18(28-21)16-30-10-12-33-13-11-30;21-19(26)16-12-17(14-4-6-22-7-5-14)28-20(16)24-18-3-1-2-15(23-18)13-25-8-10-27-11-9-25/h1-5,14-15,26H,6-13,16H2,(H2,25,32)(H,28,29);1-7,12H,8-11,13H2,(H2,21,26)(H,23,24). The number of aromatic nitrogens is 4. The van der Waals surface area contributed by atoms with E-state index in [9.17, 15) is 9.59 Å². The van der Waals surface area contributed by atoms with Crippen molar-refractivity contribution in [3.63, 3.8) is 0 Å². The molecular formula is C44H50N12O4S2. The first-order valence-electron chi connectivity index (χ1n) is 20.6. The van der Waals surface area contributed by atoms with Gasteiger partial charge in [0.1, 0.15) is 27.5 Å². The molecule has 6 aromatic rings. The molecule has 9 heterocycles. The number of primary amides is 2. The number of rotatable bonds is 13. The maximum Gasteiger partial charge on any atom is 0.251 e. The molecule has 322 valence electrons. The number of carbonyl (C=O) groups is 2. The molecule has 18 heteroatoms. The zero-order valence-corrected chi connectivity index (χ0v) is 35.9. The van der Waals surface area contributed by atoms with Crippen molar-refractivity contribution in [3.8, 4) is 20.9 Å². The smallest absolute Gasteiger partial charge is 0.251 e. The van der Waals surface area contributed by atoms with Crippen molar-refractivity contribution in [1.29, 1.82) is 0 Å². The number of nitrogens with two attached hydrogens (primary N) is 2. The lowest BCUT2D eigenvalue weighted by atomic mass is 10.2. The number of thiophene rings is 2. The number of hydrogen-bond acceptors (Lipinski definition) is 16. The highest BCUT2D eigenvalue weighted by atomic mass is 32.1. The summed E-state index contributed by atoms with van der Waals surface area (Å²) in [5.41, 5.74) is 16.2. The van der Waals surface area contributed by atoms with Crippen molar-refractivity contribution in [3.05, 3.63) is 114 Å². The second kappa shape index (κ2) is 20.8. The molecule has 6 aromatic heterocycles. The number of nitrogens with one attached hydrogen (secondary N) is 3. The van der Waals surface area contributed by atoms with Gasteiger partial charge in [-0.2, -0.15) is 0 Å². The monoisotopic (exact) mass is 874 g/mol. The Morgan fingerprint density at radius 2 is 1.15 bits per heavy atom. The number of anilines is 5. The van der Waals surface area contributed by atoms with Gasteiger partial charge < -0.3 is 41.8 Å². The quantitative estimate of drug-likeness (QED) is 0.102. The molecule has 3 aliphatic heterocycles. The van der Waals surface area contributed by atoms with Gasteiger partial charge in [-0.05, 0) is 71.8 Å². The largest absolute Gasteiger partial charge is 0.379 e. The molecular weight excluding hydrogens is 825 g/mol. The first-order valence-corrected chi connectivity index (χ1v) is 22.2. The molecule has 7 N–H and O–H groups in total. The number of nitrogens with zero attached hydrogens (tertiary/aromatic N) is 7. The lowest BCUT2D eigenvalue weighted by molar-refractivity contribution is 0.0336. The van der Waals surface area contributed by atoms with Gasteiger partial charge in [-0.15, -0.1) is 22.7 Å². The van der Waals surface area contributed by atoms with Crippen LogP contribution >= 0.6 is 22.7 Å². The average Bonchev–Trinajstić information content (AvgIpc) is 3.93. The highest BCUT2D eigenvalue weighted by Gasteiger charge is 2.20. The van der Waals surface area contributed by atoms with Gasteiger partial charge in [0.2, 0.25) is 0 Å². The Hall–Kier alpha value is -5.86. The maximum absolute atomic E-state index is 12.2. The zero-order chi connectivity index (χ0) is 42.7. The molecule has 3 fully saturated rings. The Labute approximate surface area is 368 Å². The van der Waals surface area contributed by atoms with Crippen LogP contribution in [-0.4, -0.2) is 120 Å². The Kier molecular flexibility index (Phi) is 14.4. The molecule has 62 heavy (non-hydrogen) atoms. The van der Waals surface area contributed by atoms with E-state index in [0.717, 1.165) is 130 Å². The summed E-state index contributed by atoms with van der Waals surface area (Å²) in [5.74, 6) is 1.39. The highest BCUT2D eigenvalue weighted by molar-refractivity contribution is 7.20. The normalized spacial score (nSPS) is 16.0. The van der Waals surface area contributed by atoms with Crippen molar-refractivity contribution in [1.82, 2.24) is 35.1 Å². The summed E-state index contributed by atoms with van der Waals surface area (Å²) in [7, 11) is 0. The fourth-order valence-corrected chi connectivity index (χ4v) is 9.40. The van der Waals surface area contributed by atoms with Gasteiger partial charge in [0, 0.05) is 93.8 Å². The fraction of sp³-hybridized carbons (Fsp3) is 0.318. The lowest BCUT2D eigenvalue weighted by Crippen LogP contribution is -2.43. The molecule has 0 aliphatic carbocycles. The number of pyridine rings is 4. The van der Waals surface area contributed by atoms with Crippen LogP contribution < -0.4 is 32.3 Å². The van der Waals surface area contributed by atoms with Gasteiger partial charge in [0.05, 0.1) is 48.9 Å². The molecule has 0 bridgehead atoms. The first kappa shape index (κ1) is 42.8. The topological polar surface area (TPSA) is 202 Å². The van der Waals surface area contributed by atoms with Crippen LogP contribution in [-0.2, 0) is 22.6 Å². The highest BCUT2D eigenvalue weighted by Crippen LogP contribution is 2.38. The molecule has 0 atom stereocenters. The summed E-state index contributed by atoms with van der Waals surface area (Å²) in [5, 5.41) is 11.3. The summed E-state index contributed by atoms with van der Waals surface area (Å²) < 4.78 is 10.8. The Morgan fingerprint density at radius 3 is 1.66 bits per heavy atom. The van der Waals surface area contributed by atoms with Gasteiger partial charge in [0.15, 0.2) is 0 Å². The van der Waals surface area contributed by atoms with Crippen LogP contribution in [0.1, 0.15) is 32.1 Å². The van der Waals surface area contributed by atoms with Gasteiger partial charge in [-0.3, -0.25) is 24.4 Å². The van der Waals surface area contributed by atoms with Crippen LogP contribution in [0.25, 0.3) is 20.9 Å². The minimum absolute atomic E-state index is 0.456. The molecule has 9 rings (SSSR count). The van der Waals surface area contributed by atoms with Gasteiger partial charge in [0.25, 0.3) is 11.8 Å². The maximum atomic E-state index is 12.2. The molecule has 0 saturated carbocycles. The molecule has 2 amide bonds. The Morgan fingerprint density at radius 1 is 0.645 bits per heavy atom. The van der Waals surface area contributed by atoms with Crippen molar-refractivity contribution >= 4 is 61.9 Å². The predicted molar refractivity (Wildman–Crippen MR) is 244 cm³/mol. The van der Waals surface area contributed by atoms with E-state index < -0.39 is 11.8 Å². The van der Waals surface area contributed by atoms with E-state index in [1.54, 1.807) is 12.4 Å². The van der Waals surface area contributed by atoms with Gasteiger partial charge in [-0.1, -0.05) is 12.1 Å². The van der Waals surface area contributed by atoms with Crippen LogP contribution in [0.5, 0.6) is 0 Å². The van der Waals surface area contributed by atoms with Crippen molar-refractivity contribution in [2.75, 3.05) is 94.3 Å². The fourth-order valence-electron chi connectivity index (χ4n) is 7.26. The third kappa shape index (κ3) is 11.3. The van der Waals surface area contributed by atoms with E-state index in [0.29, 0.717) is 32.8 Å². The van der Waals surface area contributed by atoms with Crippen LogP contribution in [0.2, 0.25) is 0 Å². The number of carbonyl (C=O) groups excluding carboxylic acids is 2. The van der Waals surface area contributed by atoms with E-state index in [1.807, 2.05) is 72.9 Å². The zero-order valence-electron chi connectivity index (χ0n) is 34.3. The first-order chi connectivity index (χ1) is 30.3. The van der Waals surface area contributed by atoms with Crippen molar-refractivity contribution < 1.29 is 19.1 Å². The number of piperazine rings is 1. The van der Waals surface area contributed by atoms with E-state index >= 15 is 0 Å². The van der Waals surface area contributed by atoms with Gasteiger partial charge >= 0.3 is 0 Å². The second-order valence-electron chi connectivity index (χ2n) is 14.9. The van der Waals surface area contributed by atoms with Gasteiger partial charge in [-0.25, -0.2) is 15.0 Å². The number of morpholine rings is 2. The number of ether oxygens (including phenoxy) is 2. The predicted octanol–water partition coefficient (Wildman–Crippen LogP) is 5.17. The minimum atomic E-state index is -0.469. The molecule has 0 unspecified atom stereocenters. The lowest BCUT2D eigenvalue weighted by Gasteiger charge is -2.28. The van der Waals surface area contributed by atoms with Crippen LogP contribution in [0.15, 0.2) is 91.4 Å². The molecule has 0 aromatic carbocycles. The summed E-state index contributed by atoms with van der Waals surface area (Å²) in [4.78, 5) is 51.0. The number of hydrogen-bond donors (Lipinski definition) is 5. The molecule has 0 radical (unpaired) electrons. The summed E-state index contributed by atoms with van der Waals surface area (Å²) in [6.07, 6.45) is 5.27. The SMILES string of the molecule is NC(=O)c1cc(-c2ccnc(N3CCNCC3)c2)sc1Nc1cccc(CN2CCOCC2)n1.NC(=O)c1cc(-c2ccncc2)sc1Nc1cccc(CN2CCOCC2)n1. The molecule has 3 saturated heterocycles. The summed E-state index contributed by atoms with van der Waals surface area (Å²) in [6.45, 7) is 11.9. The third-order valence-electron chi connectivity index (χ3n) is 10.5. The summed E-state index contributed by atoms with van der Waals surface area (Å²) >= 11 is 2.97. The minimum Gasteiger partial charge on any atom is -0.379 e. The van der Waals surface area contributed by atoms with Crippen LogP contribution in [0.4, 0.5) is 27.5 Å². The van der Waals surface area contributed by atoms with Crippen molar-refractivity contribution in [2.24, 2.45) is 11.5 Å². The Bertz CT molecular complexity index is 2430. The third-order valence-corrected chi connectivity index (χ3v) is 12.7. The second-order valence-corrected chi connectivity index (χ2v) is 17.0. The van der Waals surface area contributed by atoms with E-state index in [2.05, 4.69) is 46.7 Å². The van der Waals surface area contributed by atoms with E-state index in [-0.39, 0.29) is 0 Å². The molecule has 16 nitrogen and oxygen atoms in total. The molecule has 3 aliphatic rings. The van der Waals surface area contributed by atoms with Crippen LogP contribution in [0, 0.1) is 0 Å². The Balaban J connectivity index is 0.000000174.